The van der Waals surface area contributed by atoms with E-state index in [1.54, 1.807) is 20.2 Å². The van der Waals surface area contributed by atoms with Gasteiger partial charge in [0.25, 0.3) is 10.0 Å². The Morgan fingerprint density at radius 1 is 1.29 bits per heavy atom. The summed E-state index contributed by atoms with van der Waals surface area (Å²) in [6, 6.07) is 0. The number of hydrogen-bond donors (Lipinski definition) is 1. The lowest BCUT2D eigenvalue weighted by Gasteiger charge is -2.23. The average Bonchev–Trinajstić information content (AvgIpc) is 2.82. The van der Waals surface area contributed by atoms with Crippen LogP contribution in [0.15, 0.2) is 11.2 Å². The molecule has 21 heavy (non-hydrogen) atoms. The summed E-state index contributed by atoms with van der Waals surface area (Å²) < 4.78 is 29.3. The summed E-state index contributed by atoms with van der Waals surface area (Å²) in [5.41, 5.74) is 0.769. The lowest BCUT2D eigenvalue weighted by Crippen LogP contribution is -2.41. The molecule has 0 fully saturated rings. The maximum Gasteiger partial charge on any atom is 0.258 e. The lowest BCUT2D eigenvalue weighted by atomic mass is 10.1. The Bertz CT molecular complexity index is 733. The predicted molar refractivity (Wildman–Crippen MR) is 82.9 cm³/mol. The first-order chi connectivity index (χ1) is 9.54. The molecule has 0 aliphatic heterocycles. The number of nitrogens with one attached hydrogen (secondary N) is 1. The van der Waals surface area contributed by atoms with E-state index in [4.69, 9.17) is 0 Å². The molecule has 0 unspecified atom stereocenters. The van der Waals surface area contributed by atoms with Gasteiger partial charge in [-0.3, -0.25) is 4.68 Å². The number of aryl methyl sites for hydroxylation is 4. The van der Waals surface area contributed by atoms with Crippen LogP contribution in [-0.2, 0) is 22.6 Å². The Morgan fingerprint density at radius 2 is 1.90 bits per heavy atom. The third-order valence-corrected chi connectivity index (χ3v) is 6.53. The molecule has 0 aliphatic rings. The number of thiazole rings is 1. The molecule has 6 nitrogen and oxygen atoms in total. The van der Waals surface area contributed by atoms with Gasteiger partial charge in [-0.05, 0) is 34.6 Å². The van der Waals surface area contributed by atoms with E-state index in [9.17, 15) is 8.42 Å². The molecule has 0 saturated heterocycles. The van der Waals surface area contributed by atoms with Crippen molar-refractivity contribution in [3.05, 3.63) is 27.3 Å². The summed E-state index contributed by atoms with van der Waals surface area (Å²) in [6.45, 7) is 9.26. The van der Waals surface area contributed by atoms with Crippen molar-refractivity contribution in [1.82, 2.24) is 19.5 Å². The number of nitrogens with zero attached hydrogens (tertiary/aromatic N) is 3. The first-order valence-corrected chi connectivity index (χ1v) is 8.81. The molecule has 0 radical (unpaired) electrons. The zero-order chi connectivity index (χ0) is 16.0. The molecule has 116 valence electrons. The number of hydrogen-bond acceptors (Lipinski definition) is 5. The Hall–Kier alpha value is -1.25. The molecule has 8 heteroatoms. The summed E-state index contributed by atoms with van der Waals surface area (Å²) >= 11 is 1.51. The highest BCUT2D eigenvalue weighted by Gasteiger charge is 2.33. The van der Waals surface area contributed by atoms with Crippen molar-refractivity contribution in [2.24, 2.45) is 7.05 Å². The smallest absolute Gasteiger partial charge is 0.256 e. The Morgan fingerprint density at radius 3 is 2.33 bits per heavy atom. The van der Waals surface area contributed by atoms with Crippen LogP contribution in [-0.4, -0.2) is 23.2 Å². The van der Waals surface area contributed by atoms with E-state index in [1.165, 1.54) is 16.0 Å². The molecular weight excluding hydrogens is 308 g/mol. The standard InChI is InChI=1S/C13H20N4O2S2/c1-8-7-14-17(6)11(8)21(18,19)16-13(4,5)12-15-9(2)10(3)20-12/h7,16H,1-6H3. The molecule has 0 aliphatic carbocycles. The topological polar surface area (TPSA) is 76.9 Å². The van der Waals surface area contributed by atoms with E-state index in [-0.39, 0.29) is 5.03 Å². The number of aromatic nitrogens is 3. The average molecular weight is 328 g/mol. The van der Waals surface area contributed by atoms with Crippen molar-refractivity contribution >= 4 is 21.4 Å². The van der Waals surface area contributed by atoms with Crippen molar-refractivity contribution in [3.8, 4) is 0 Å². The van der Waals surface area contributed by atoms with Crippen LogP contribution in [0.4, 0.5) is 0 Å². The van der Waals surface area contributed by atoms with E-state index in [0.717, 1.165) is 15.6 Å². The minimum Gasteiger partial charge on any atom is -0.256 e. The lowest BCUT2D eigenvalue weighted by molar-refractivity contribution is 0.463. The van der Waals surface area contributed by atoms with E-state index in [0.29, 0.717) is 5.56 Å². The Kier molecular flexibility index (Phi) is 3.98. The van der Waals surface area contributed by atoms with Gasteiger partial charge in [0.1, 0.15) is 5.01 Å². The van der Waals surface area contributed by atoms with Crippen LogP contribution in [0.5, 0.6) is 0 Å². The molecule has 0 saturated carbocycles. The fraction of sp³-hybridized carbons (Fsp3) is 0.538. The summed E-state index contributed by atoms with van der Waals surface area (Å²) in [7, 11) is -2.05. The van der Waals surface area contributed by atoms with Gasteiger partial charge in [0.2, 0.25) is 0 Å². The molecule has 0 spiro atoms. The third-order valence-electron chi connectivity index (χ3n) is 3.26. The van der Waals surface area contributed by atoms with Gasteiger partial charge in [0.05, 0.1) is 17.4 Å². The van der Waals surface area contributed by atoms with Gasteiger partial charge >= 0.3 is 0 Å². The van der Waals surface area contributed by atoms with E-state index < -0.39 is 15.6 Å². The molecule has 0 atom stereocenters. The molecule has 1 N–H and O–H groups in total. The van der Waals surface area contributed by atoms with Crippen molar-refractivity contribution < 1.29 is 8.42 Å². The van der Waals surface area contributed by atoms with Gasteiger partial charge < -0.3 is 0 Å². The van der Waals surface area contributed by atoms with Gasteiger partial charge in [-0.25, -0.2) is 13.4 Å². The molecule has 0 bridgehead atoms. The van der Waals surface area contributed by atoms with E-state index >= 15 is 0 Å². The molecular formula is C13H20N4O2S2. The van der Waals surface area contributed by atoms with Crippen LogP contribution in [0.1, 0.15) is 35.0 Å². The largest absolute Gasteiger partial charge is 0.258 e. The molecule has 2 aromatic heterocycles. The summed E-state index contributed by atoms with van der Waals surface area (Å²) in [4.78, 5) is 5.55. The summed E-state index contributed by atoms with van der Waals surface area (Å²) in [5, 5.41) is 4.92. The van der Waals surface area contributed by atoms with Crippen molar-refractivity contribution in [1.29, 1.82) is 0 Å². The third kappa shape index (κ3) is 3.02. The second kappa shape index (κ2) is 5.19. The zero-order valence-corrected chi connectivity index (χ0v) is 14.7. The molecule has 2 aromatic rings. The molecule has 0 amide bonds. The fourth-order valence-electron chi connectivity index (χ4n) is 2.09. The Labute approximate surface area is 129 Å². The summed E-state index contributed by atoms with van der Waals surface area (Å²) in [5.74, 6) is 0. The van der Waals surface area contributed by atoms with Gasteiger partial charge in [0.15, 0.2) is 5.03 Å². The first-order valence-electron chi connectivity index (χ1n) is 6.51. The normalized spacial score (nSPS) is 12.9. The van der Waals surface area contributed by atoms with Crippen LogP contribution in [0, 0.1) is 20.8 Å². The minimum atomic E-state index is -3.67. The maximum absolute atomic E-state index is 12.6. The molecule has 2 heterocycles. The highest BCUT2D eigenvalue weighted by molar-refractivity contribution is 7.89. The van der Waals surface area contributed by atoms with Gasteiger partial charge in [-0.2, -0.15) is 9.82 Å². The predicted octanol–water partition coefficient (Wildman–Crippen LogP) is 2.02. The highest BCUT2D eigenvalue weighted by atomic mass is 32.2. The highest BCUT2D eigenvalue weighted by Crippen LogP contribution is 2.29. The van der Waals surface area contributed by atoms with Crippen LogP contribution in [0.25, 0.3) is 0 Å². The SMILES string of the molecule is Cc1cnn(C)c1S(=O)(=O)NC(C)(C)c1nc(C)c(C)s1. The zero-order valence-electron chi connectivity index (χ0n) is 13.1. The van der Waals surface area contributed by atoms with E-state index in [2.05, 4.69) is 14.8 Å². The van der Waals surface area contributed by atoms with E-state index in [1.807, 2.05) is 27.7 Å². The first kappa shape index (κ1) is 16.1. The van der Waals surface area contributed by atoms with Gasteiger partial charge in [-0.15, -0.1) is 11.3 Å². The Balaban J connectivity index is 2.40. The molecule has 2 rings (SSSR count). The van der Waals surface area contributed by atoms with Crippen LogP contribution < -0.4 is 4.72 Å². The monoisotopic (exact) mass is 328 g/mol. The number of sulfonamides is 1. The maximum atomic E-state index is 12.6. The summed E-state index contributed by atoms with van der Waals surface area (Å²) in [6.07, 6.45) is 1.54. The minimum absolute atomic E-state index is 0.181. The number of rotatable bonds is 4. The van der Waals surface area contributed by atoms with Crippen molar-refractivity contribution in [2.75, 3.05) is 0 Å². The van der Waals surface area contributed by atoms with Gasteiger partial charge in [0, 0.05) is 17.5 Å². The second-order valence-electron chi connectivity index (χ2n) is 5.65. The molecule has 0 aromatic carbocycles. The van der Waals surface area contributed by atoms with Gasteiger partial charge in [-0.1, -0.05) is 0 Å². The van der Waals surface area contributed by atoms with Crippen molar-refractivity contribution in [2.45, 2.75) is 45.2 Å². The van der Waals surface area contributed by atoms with Crippen LogP contribution >= 0.6 is 11.3 Å². The quantitative estimate of drug-likeness (QED) is 0.931. The van der Waals surface area contributed by atoms with Crippen LogP contribution in [0.2, 0.25) is 0 Å². The second-order valence-corrected chi connectivity index (χ2v) is 8.45. The van der Waals surface area contributed by atoms with Crippen molar-refractivity contribution in [3.63, 3.8) is 0 Å². The van der Waals surface area contributed by atoms with Crippen LogP contribution in [0.3, 0.4) is 0 Å². The fourth-order valence-corrected chi connectivity index (χ4v) is 4.86.